The molecule has 0 atom stereocenters. The Balaban J connectivity index is 2.28. The maximum atomic E-state index is 12.8. The molecule has 0 amide bonds. The minimum Gasteiger partial charge on any atom is -0.297 e. The molecule has 2 heterocycles. The number of aryl methyl sites for hydroxylation is 1. The van der Waals surface area contributed by atoms with Gasteiger partial charge in [-0.05, 0) is 18.6 Å². The van der Waals surface area contributed by atoms with Crippen molar-refractivity contribution < 1.29 is 13.2 Å². The van der Waals surface area contributed by atoms with Crippen LogP contribution in [-0.2, 0) is 6.54 Å². The summed E-state index contributed by atoms with van der Waals surface area (Å²) in [4.78, 5) is 20.0. The van der Waals surface area contributed by atoms with Crippen LogP contribution in [0.25, 0.3) is 11.0 Å². The Morgan fingerprint density at radius 2 is 1.95 bits per heavy atom. The summed E-state index contributed by atoms with van der Waals surface area (Å²) in [6.45, 7) is 2.18. The van der Waals surface area contributed by atoms with E-state index in [0.717, 1.165) is 13.8 Å². The first-order valence-corrected chi connectivity index (χ1v) is 6.09. The monoisotopic (exact) mass is 285 g/mol. The molecular weight excluding hydrogens is 271 g/mol. The average molecular weight is 285 g/mol. The first-order valence-electron chi connectivity index (χ1n) is 6.09. The van der Waals surface area contributed by atoms with Gasteiger partial charge >= 0.3 is 6.18 Å². The minimum atomic E-state index is -4.31. The number of rotatable bonds is 3. The maximum Gasteiger partial charge on any atom is 0.394 e. The summed E-state index contributed by atoms with van der Waals surface area (Å²) in [6, 6.07) is 3.28. The lowest BCUT2D eigenvalue weighted by molar-refractivity contribution is -0.214. The second-order valence-electron chi connectivity index (χ2n) is 5.25. The van der Waals surface area contributed by atoms with E-state index in [1.165, 1.54) is 17.1 Å². The largest absolute Gasteiger partial charge is 0.394 e. The van der Waals surface area contributed by atoms with Crippen molar-refractivity contribution in [1.82, 2.24) is 14.5 Å². The molecule has 2 aromatic rings. The van der Waals surface area contributed by atoms with Gasteiger partial charge in [-0.15, -0.1) is 0 Å². The van der Waals surface area contributed by atoms with Gasteiger partial charge in [0.15, 0.2) is 5.52 Å². The van der Waals surface area contributed by atoms with E-state index >= 15 is 0 Å². The van der Waals surface area contributed by atoms with Crippen molar-refractivity contribution in [2.75, 3.05) is 0 Å². The van der Waals surface area contributed by atoms with E-state index in [4.69, 9.17) is 0 Å². The number of hydrogen-bond donors (Lipinski definition) is 0. The highest BCUT2D eigenvalue weighted by Crippen LogP contribution is 2.40. The predicted molar refractivity (Wildman–Crippen MR) is 68.3 cm³/mol. The minimum absolute atomic E-state index is 0.0507. The molecule has 2 aromatic heterocycles. The topological polar surface area (TPSA) is 47.8 Å². The molecule has 2 rings (SSSR count). The van der Waals surface area contributed by atoms with Gasteiger partial charge in [0.25, 0.3) is 5.56 Å². The lowest BCUT2D eigenvalue weighted by Crippen LogP contribution is -2.34. The molecule has 0 bridgehead atoms. The fourth-order valence-electron chi connectivity index (χ4n) is 1.69. The smallest absolute Gasteiger partial charge is 0.297 e. The Kier molecular flexibility index (Phi) is 3.54. The van der Waals surface area contributed by atoms with Crippen molar-refractivity contribution >= 4 is 11.0 Å². The zero-order valence-electron chi connectivity index (χ0n) is 11.1. The van der Waals surface area contributed by atoms with Crippen LogP contribution in [0, 0.1) is 5.41 Å². The fourth-order valence-corrected chi connectivity index (χ4v) is 1.69. The van der Waals surface area contributed by atoms with E-state index in [1.807, 2.05) is 0 Å². The van der Waals surface area contributed by atoms with E-state index in [2.05, 4.69) is 9.97 Å². The van der Waals surface area contributed by atoms with Crippen LogP contribution >= 0.6 is 0 Å². The summed E-state index contributed by atoms with van der Waals surface area (Å²) >= 11 is 0. The molecular formula is C13H14F3N3O. The fraction of sp³-hybridized carbons (Fsp3) is 0.462. The highest BCUT2D eigenvalue weighted by atomic mass is 19.4. The molecule has 20 heavy (non-hydrogen) atoms. The lowest BCUT2D eigenvalue weighted by Gasteiger charge is -2.27. The number of pyridine rings is 1. The van der Waals surface area contributed by atoms with E-state index < -0.39 is 17.2 Å². The molecule has 0 aliphatic rings. The number of aromatic nitrogens is 3. The Morgan fingerprint density at radius 3 is 2.60 bits per heavy atom. The van der Waals surface area contributed by atoms with Gasteiger partial charge in [-0.1, -0.05) is 13.8 Å². The van der Waals surface area contributed by atoms with Crippen LogP contribution in [0.15, 0.2) is 29.5 Å². The van der Waals surface area contributed by atoms with E-state index in [-0.39, 0.29) is 18.5 Å². The molecule has 7 heteroatoms. The van der Waals surface area contributed by atoms with E-state index in [1.54, 1.807) is 12.1 Å². The van der Waals surface area contributed by atoms with Gasteiger partial charge in [0.2, 0.25) is 0 Å². The van der Waals surface area contributed by atoms with E-state index in [0.29, 0.717) is 5.52 Å². The second kappa shape index (κ2) is 4.88. The molecule has 4 nitrogen and oxygen atoms in total. The Bertz CT molecular complexity index is 676. The molecule has 0 aliphatic heterocycles. The standard InChI is InChI=1S/C13H14F3N3O/c1-12(2,13(14,15)16)5-7-19-8-18-9-4-3-6-17-10(9)11(19)20/h3-4,6,8H,5,7H2,1-2H3. The summed E-state index contributed by atoms with van der Waals surface area (Å²) in [5, 5.41) is 0. The summed E-state index contributed by atoms with van der Waals surface area (Å²) in [6.07, 6.45) is -1.79. The van der Waals surface area contributed by atoms with Gasteiger partial charge in [0.05, 0.1) is 17.3 Å². The quantitative estimate of drug-likeness (QED) is 0.871. The molecule has 0 spiro atoms. The predicted octanol–water partition coefficient (Wildman–Crippen LogP) is 2.77. The number of nitrogens with zero attached hydrogens (tertiary/aromatic N) is 3. The number of fused-ring (bicyclic) bond motifs is 1. The molecule has 0 saturated heterocycles. The number of hydrogen-bond acceptors (Lipinski definition) is 3. The van der Waals surface area contributed by atoms with Crippen molar-refractivity contribution in [1.29, 1.82) is 0 Å². The van der Waals surface area contributed by atoms with Gasteiger partial charge in [-0.3, -0.25) is 9.36 Å². The Morgan fingerprint density at radius 1 is 1.25 bits per heavy atom. The highest BCUT2D eigenvalue weighted by Gasteiger charge is 2.46. The molecule has 108 valence electrons. The zero-order valence-corrected chi connectivity index (χ0v) is 11.1. The van der Waals surface area contributed by atoms with Gasteiger partial charge in [-0.25, -0.2) is 9.97 Å². The summed E-state index contributed by atoms with van der Waals surface area (Å²) in [7, 11) is 0. The molecule has 0 unspecified atom stereocenters. The third-order valence-electron chi connectivity index (χ3n) is 3.33. The maximum absolute atomic E-state index is 12.8. The van der Waals surface area contributed by atoms with Gasteiger partial charge in [0.1, 0.15) is 0 Å². The SMILES string of the molecule is CC(C)(CCn1cnc2cccnc2c1=O)C(F)(F)F. The Labute approximate surface area is 113 Å². The molecule has 0 N–H and O–H groups in total. The highest BCUT2D eigenvalue weighted by molar-refractivity contribution is 5.71. The third-order valence-corrected chi connectivity index (χ3v) is 3.33. The molecule has 0 aliphatic carbocycles. The van der Waals surface area contributed by atoms with Crippen LogP contribution in [0.5, 0.6) is 0 Å². The summed E-state index contributed by atoms with van der Waals surface area (Å²) < 4.78 is 39.5. The van der Waals surface area contributed by atoms with Gasteiger partial charge in [-0.2, -0.15) is 13.2 Å². The Hall–Kier alpha value is -1.92. The first-order chi connectivity index (χ1) is 9.22. The number of halogens is 3. The van der Waals surface area contributed by atoms with Crippen LogP contribution in [0.1, 0.15) is 20.3 Å². The van der Waals surface area contributed by atoms with Crippen LogP contribution < -0.4 is 5.56 Å². The number of alkyl halides is 3. The second-order valence-corrected chi connectivity index (χ2v) is 5.25. The average Bonchev–Trinajstić information content (AvgIpc) is 2.37. The lowest BCUT2D eigenvalue weighted by atomic mass is 9.88. The third kappa shape index (κ3) is 2.66. The van der Waals surface area contributed by atoms with Crippen molar-refractivity contribution in [3.8, 4) is 0 Å². The van der Waals surface area contributed by atoms with Crippen molar-refractivity contribution in [3.63, 3.8) is 0 Å². The normalized spacial score (nSPS) is 12.8. The van der Waals surface area contributed by atoms with Crippen molar-refractivity contribution in [2.24, 2.45) is 5.41 Å². The van der Waals surface area contributed by atoms with E-state index in [9.17, 15) is 18.0 Å². The van der Waals surface area contributed by atoms with Crippen LogP contribution in [0.3, 0.4) is 0 Å². The summed E-state index contributed by atoms with van der Waals surface area (Å²) in [5.74, 6) is 0. The van der Waals surface area contributed by atoms with Crippen molar-refractivity contribution in [2.45, 2.75) is 33.0 Å². The van der Waals surface area contributed by atoms with Crippen molar-refractivity contribution in [3.05, 3.63) is 35.0 Å². The van der Waals surface area contributed by atoms with Crippen LogP contribution in [-0.4, -0.2) is 20.7 Å². The van der Waals surface area contributed by atoms with Gasteiger partial charge in [0, 0.05) is 12.7 Å². The first kappa shape index (κ1) is 14.5. The van der Waals surface area contributed by atoms with Crippen LogP contribution in [0.2, 0.25) is 0 Å². The molecule has 0 radical (unpaired) electrons. The summed E-state index contributed by atoms with van der Waals surface area (Å²) in [5.41, 5.74) is -1.68. The van der Waals surface area contributed by atoms with Gasteiger partial charge < -0.3 is 0 Å². The zero-order chi connectivity index (χ0) is 15.0. The van der Waals surface area contributed by atoms with Crippen LogP contribution in [0.4, 0.5) is 13.2 Å². The molecule has 0 aromatic carbocycles. The molecule has 0 saturated carbocycles. The molecule has 0 fully saturated rings.